The highest BCUT2D eigenvalue weighted by Gasteiger charge is 2.69. The van der Waals surface area contributed by atoms with Crippen molar-refractivity contribution in [2.45, 2.75) is 85.1 Å². The third-order valence-electron chi connectivity index (χ3n) is 8.06. The Morgan fingerprint density at radius 1 is 0.619 bits per heavy atom. The van der Waals surface area contributed by atoms with Gasteiger partial charge in [0.25, 0.3) is 0 Å². The zero-order chi connectivity index (χ0) is 17.3. The zero-order valence-corrected chi connectivity index (χ0v) is 25.0. The minimum atomic E-state index is -1.03. The van der Waals surface area contributed by atoms with Crippen LogP contribution in [0.3, 0.4) is 0 Å². The van der Waals surface area contributed by atoms with Gasteiger partial charge >= 0.3 is 0 Å². The molecular formula is C13H39Si8. The average Bonchev–Trinajstić information content (AvgIpc) is 2.23. The summed E-state index contributed by atoms with van der Waals surface area (Å²) in [5.74, 6) is 0. The molecular weight excluding hydrogens is 381 g/mol. The minimum absolute atomic E-state index is 0.0308. The van der Waals surface area contributed by atoms with E-state index in [9.17, 15) is 0 Å². The Kier molecular flexibility index (Phi) is 5.31. The van der Waals surface area contributed by atoms with Crippen molar-refractivity contribution in [1.29, 1.82) is 0 Å². The summed E-state index contributed by atoms with van der Waals surface area (Å²) in [7, 11) is -4.52. The maximum absolute atomic E-state index is 2.90. The molecule has 1 fully saturated rings. The quantitative estimate of drug-likeness (QED) is 0.547. The highest BCUT2D eigenvalue weighted by atomic mass is 30.3. The van der Waals surface area contributed by atoms with Crippen LogP contribution in [0.15, 0.2) is 0 Å². The molecule has 0 unspecified atom stereocenters. The molecule has 123 valence electrons. The first-order valence-electron chi connectivity index (χ1n) is 8.50. The lowest BCUT2D eigenvalue weighted by atomic mass is 11.8. The highest BCUT2D eigenvalue weighted by molar-refractivity contribution is 8.12. The Balaban J connectivity index is 3.71. The van der Waals surface area contributed by atoms with Gasteiger partial charge in [0, 0.05) is 59.0 Å². The molecule has 0 bridgehead atoms. The van der Waals surface area contributed by atoms with Crippen molar-refractivity contribution in [3.05, 3.63) is 0 Å². The summed E-state index contributed by atoms with van der Waals surface area (Å²) in [5, 5.41) is 0. The second-order valence-electron chi connectivity index (χ2n) is 10.9. The van der Waals surface area contributed by atoms with E-state index in [0.717, 1.165) is 0 Å². The van der Waals surface area contributed by atoms with Crippen molar-refractivity contribution >= 4 is 59.0 Å². The Labute approximate surface area is 143 Å². The first-order valence-corrected chi connectivity index (χ1v) is 37.5. The summed E-state index contributed by atoms with van der Waals surface area (Å²) < 4.78 is 0. The van der Waals surface area contributed by atoms with Gasteiger partial charge in [-0.2, -0.15) is 0 Å². The van der Waals surface area contributed by atoms with Crippen LogP contribution in [0.1, 0.15) is 0 Å². The second kappa shape index (κ2) is 5.36. The fourth-order valence-corrected chi connectivity index (χ4v) is 281. The third kappa shape index (κ3) is 2.83. The molecule has 0 amide bonds. The summed E-state index contributed by atoms with van der Waals surface area (Å²) in [6.07, 6.45) is 0. The topological polar surface area (TPSA) is 0 Å². The van der Waals surface area contributed by atoms with Crippen molar-refractivity contribution < 1.29 is 0 Å². The predicted octanol–water partition coefficient (Wildman–Crippen LogP) is 4.54. The maximum atomic E-state index is 2.90. The van der Waals surface area contributed by atoms with E-state index in [1.165, 1.54) is 8.55 Å². The largest absolute Gasteiger partial charge is 0.0739 e. The van der Waals surface area contributed by atoms with Crippen molar-refractivity contribution in [3.63, 3.8) is 0 Å². The Morgan fingerprint density at radius 2 is 1.00 bits per heavy atom. The molecule has 1 rings (SSSR count). The van der Waals surface area contributed by atoms with Crippen LogP contribution in [0.2, 0.25) is 85.1 Å². The van der Waals surface area contributed by atoms with Gasteiger partial charge in [0.15, 0.2) is 0 Å². The van der Waals surface area contributed by atoms with Crippen LogP contribution >= 0.6 is 0 Å². The standard InChI is InChI=1S/C13H39Si8/c1-16(2,3)15-14-17(4,5)19(8,9)21(12,13)20(10,11)18(15,6)7/h1-13H3. The van der Waals surface area contributed by atoms with Crippen LogP contribution in [-0.2, 0) is 0 Å². The zero-order valence-electron chi connectivity index (χ0n) is 17.0. The molecule has 0 aromatic rings. The molecule has 0 aromatic heterocycles. The van der Waals surface area contributed by atoms with Gasteiger partial charge in [0.05, 0.1) is 0 Å². The first-order chi connectivity index (χ1) is 8.84. The van der Waals surface area contributed by atoms with Crippen LogP contribution in [0, 0.1) is 0 Å². The summed E-state index contributed by atoms with van der Waals surface area (Å²) >= 11 is 0. The summed E-state index contributed by atoms with van der Waals surface area (Å²) in [5.41, 5.74) is 0. The first kappa shape index (κ1) is 20.8. The predicted molar refractivity (Wildman–Crippen MR) is 122 cm³/mol. The van der Waals surface area contributed by atoms with Crippen molar-refractivity contribution in [2.75, 3.05) is 0 Å². The monoisotopic (exact) mass is 419 g/mol. The van der Waals surface area contributed by atoms with E-state index in [1.54, 1.807) is 0 Å². The van der Waals surface area contributed by atoms with Crippen molar-refractivity contribution in [2.24, 2.45) is 0 Å². The lowest BCUT2D eigenvalue weighted by Crippen LogP contribution is -2.84. The molecule has 1 aliphatic rings. The van der Waals surface area contributed by atoms with E-state index in [2.05, 4.69) is 85.1 Å². The molecule has 0 aliphatic carbocycles. The number of hydrogen-bond donors (Lipinski definition) is 0. The Bertz CT molecular complexity index is 416. The highest BCUT2D eigenvalue weighted by Crippen LogP contribution is 2.44. The smallest absolute Gasteiger partial charge is 0.0307 e. The van der Waals surface area contributed by atoms with Gasteiger partial charge in [-0.15, -0.1) is 0 Å². The summed E-state index contributed by atoms with van der Waals surface area (Å²) in [6, 6.07) is 0. The molecule has 0 nitrogen and oxygen atoms in total. The Morgan fingerprint density at radius 3 is 1.33 bits per heavy atom. The van der Waals surface area contributed by atoms with Crippen molar-refractivity contribution in [1.82, 2.24) is 0 Å². The number of hydrogen-bond acceptors (Lipinski definition) is 0. The normalized spacial score (nSPS) is 30.7. The molecule has 1 aliphatic heterocycles. The molecule has 21 heavy (non-hydrogen) atoms. The molecule has 8 heteroatoms. The molecule has 0 atom stereocenters. The van der Waals surface area contributed by atoms with Gasteiger partial charge in [-0.25, -0.2) is 0 Å². The Hall–Kier alpha value is 1.74. The van der Waals surface area contributed by atoms with E-state index < -0.39 is 43.1 Å². The molecule has 0 aromatic carbocycles. The fraction of sp³-hybridized carbons (Fsp3) is 1.00. The van der Waals surface area contributed by atoms with Gasteiger partial charge in [0.2, 0.25) is 0 Å². The minimum Gasteiger partial charge on any atom is -0.0739 e. The van der Waals surface area contributed by atoms with E-state index in [1.807, 2.05) is 0 Å². The average molecular weight is 420 g/mol. The van der Waals surface area contributed by atoms with E-state index in [-0.39, 0.29) is 7.35 Å². The second-order valence-corrected chi connectivity index (χ2v) is 94.1. The number of rotatable bonds is 1. The van der Waals surface area contributed by atoms with E-state index in [0.29, 0.717) is 0 Å². The molecule has 0 N–H and O–H groups in total. The van der Waals surface area contributed by atoms with Crippen LogP contribution in [0.5, 0.6) is 0 Å². The summed E-state index contributed by atoms with van der Waals surface area (Å²) in [4.78, 5) is 0. The van der Waals surface area contributed by atoms with E-state index >= 15 is 0 Å². The van der Waals surface area contributed by atoms with Gasteiger partial charge in [-0.1, -0.05) is 85.1 Å². The molecule has 0 saturated carbocycles. The molecule has 1 saturated heterocycles. The summed E-state index contributed by atoms with van der Waals surface area (Å²) in [6.45, 7) is 37.0. The third-order valence-corrected chi connectivity index (χ3v) is 176. The fourth-order valence-electron chi connectivity index (χ4n) is 4.41. The van der Waals surface area contributed by atoms with Crippen LogP contribution in [0.25, 0.3) is 0 Å². The van der Waals surface area contributed by atoms with Gasteiger partial charge in [-0.05, 0) is 0 Å². The van der Waals surface area contributed by atoms with Gasteiger partial charge < -0.3 is 0 Å². The SMILES string of the molecule is C[Si](C)(C)[Si]1[Si][Si](C)(C)[Si](C)(C)[Si](C)(C)[Si](C)(C)[Si]1(C)C. The van der Waals surface area contributed by atoms with Crippen LogP contribution in [-0.4, -0.2) is 59.0 Å². The molecule has 3 radical (unpaired) electrons. The van der Waals surface area contributed by atoms with Crippen molar-refractivity contribution in [3.8, 4) is 0 Å². The van der Waals surface area contributed by atoms with Gasteiger partial charge in [-0.3, -0.25) is 0 Å². The lowest BCUT2D eigenvalue weighted by Gasteiger charge is -2.57. The van der Waals surface area contributed by atoms with Gasteiger partial charge in [0.1, 0.15) is 0 Å². The van der Waals surface area contributed by atoms with E-state index in [4.69, 9.17) is 0 Å². The molecule has 1 heterocycles. The van der Waals surface area contributed by atoms with Crippen LogP contribution < -0.4 is 0 Å². The lowest BCUT2D eigenvalue weighted by molar-refractivity contribution is 1.78. The maximum Gasteiger partial charge on any atom is 0.0307 e. The van der Waals surface area contributed by atoms with Crippen LogP contribution in [0.4, 0.5) is 0 Å². The molecule has 0 spiro atoms.